The van der Waals surface area contributed by atoms with Gasteiger partial charge in [0.1, 0.15) is 11.6 Å². The summed E-state index contributed by atoms with van der Waals surface area (Å²) in [6.45, 7) is 2.71. The van der Waals surface area contributed by atoms with Crippen molar-refractivity contribution in [2.75, 3.05) is 7.11 Å². The van der Waals surface area contributed by atoms with Crippen LogP contribution in [0.1, 0.15) is 47.2 Å². The number of nitrogens with zero attached hydrogens (tertiary/aromatic N) is 4. The molecule has 0 fully saturated rings. The minimum Gasteiger partial charge on any atom is -0.496 e. The Morgan fingerprint density at radius 2 is 1.91 bits per heavy atom. The first-order valence-corrected chi connectivity index (χ1v) is 11.2. The van der Waals surface area contributed by atoms with Crippen molar-refractivity contribution >= 4 is 12.2 Å². The molecule has 0 spiro atoms. The van der Waals surface area contributed by atoms with Gasteiger partial charge < -0.3 is 4.74 Å². The van der Waals surface area contributed by atoms with E-state index in [1.54, 1.807) is 19.4 Å². The third kappa shape index (κ3) is 4.33. The largest absolute Gasteiger partial charge is 0.496 e. The molecule has 0 bridgehead atoms. The van der Waals surface area contributed by atoms with Crippen LogP contribution in [-0.2, 0) is 6.54 Å². The van der Waals surface area contributed by atoms with E-state index in [1.165, 1.54) is 12.1 Å². The molecule has 0 amide bonds. The predicted molar refractivity (Wildman–Crippen MR) is 127 cm³/mol. The molecule has 5 nitrogen and oxygen atoms in total. The topological polar surface area (TPSA) is 52.8 Å². The minimum atomic E-state index is -0.842. The first-order valence-electron chi connectivity index (χ1n) is 11.2. The van der Waals surface area contributed by atoms with E-state index in [2.05, 4.69) is 10.1 Å². The SMILES string of the molecule is COc1cc(/C=C/c2nc3n(n2)CCCC3c2ccc(F)c(F)c2)ccc1-c1ccnc(C)c1. The molecule has 0 aliphatic carbocycles. The van der Waals surface area contributed by atoms with Crippen molar-refractivity contribution in [3.8, 4) is 16.9 Å². The average Bonchev–Trinajstić information content (AvgIpc) is 3.27. The number of halogens is 2. The van der Waals surface area contributed by atoms with Crippen molar-refractivity contribution in [1.29, 1.82) is 0 Å². The van der Waals surface area contributed by atoms with Gasteiger partial charge in [-0.3, -0.25) is 4.98 Å². The summed E-state index contributed by atoms with van der Waals surface area (Å²) in [5.74, 6) is 0.332. The monoisotopic (exact) mass is 458 g/mol. The lowest BCUT2D eigenvalue weighted by Crippen LogP contribution is -2.18. The van der Waals surface area contributed by atoms with E-state index in [4.69, 9.17) is 9.72 Å². The number of aryl methyl sites for hydroxylation is 2. The zero-order chi connectivity index (χ0) is 23.7. The van der Waals surface area contributed by atoms with Gasteiger partial charge >= 0.3 is 0 Å². The summed E-state index contributed by atoms with van der Waals surface area (Å²) in [4.78, 5) is 8.96. The highest BCUT2D eigenvalue weighted by atomic mass is 19.2. The summed E-state index contributed by atoms with van der Waals surface area (Å²) < 4.78 is 34.7. The van der Waals surface area contributed by atoms with Crippen LogP contribution in [0.2, 0.25) is 0 Å². The summed E-state index contributed by atoms with van der Waals surface area (Å²) in [6.07, 6.45) is 7.31. The molecule has 1 aliphatic heterocycles. The summed E-state index contributed by atoms with van der Waals surface area (Å²) in [5.41, 5.74) is 4.66. The molecule has 3 heterocycles. The van der Waals surface area contributed by atoms with Crippen molar-refractivity contribution in [2.45, 2.75) is 32.2 Å². The quantitative estimate of drug-likeness (QED) is 0.366. The van der Waals surface area contributed by atoms with Gasteiger partial charge in [-0.05, 0) is 72.9 Å². The molecule has 5 rings (SSSR count). The van der Waals surface area contributed by atoms with Crippen LogP contribution in [0, 0.1) is 18.6 Å². The number of ether oxygens (including phenoxy) is 1. The molecule has 0 saturated carbocycles. The molecule has 34 heavy (non-hydrogen) atoms. The fourth-order valence-electron chi connectivity index (χ4n) is 4.42. The summed E-state index contributed by atoms with van der Waals surface area (Å²) in [5, 5.41) is 4.61. The van der Waals surface area contributed by atoms with Crippen LogP contribution < -0.4 is 4.74 Å². The Balaban J connectivity index is 1.41. The highest BCUT2D eigenvalue weighted by molar-refractivity contribution is 5.75. The average molecular weight is 459 g/mol. The van der Waals surface area contributed by atoms with E-state index >= 15 is 0 Å². The Hall–Kier alpha value is -3.87. The van der Waals surface area contributed by atoms with Gasteiger partial charge in [-0.25, -0.2) is 18.4 Å². The Kier molecular flexibility index (Phi) is 5.92. The number of hydrogen-bond acceptors (Lipinski definition) is 4. The van der Waals surface area contributed by atoms with Crippen molar-refractivity contribution < 1.29 is 13.5 Å². The van der Waals surface area contributed by atoms with Gasteiger partial charge in [-0.1, -0.05) is 24.3 Å². The van der Waals surface area contributed by atoms with Crippen LogP contribution in [0.15, 0.2) is 54.7 Å². The number of pyridine rings is 1. The van der Waals surface area contributed by atoms with E-state index < -0.39 is 11.6 Å². The Morgan fingerprint density at radius 3 is 2.71 bits per heavy atom. The lowest BCUT2D eigenvalue weighted by molar-refractivity contribution is 0.416. The maximum Gasteiger partial charge on any atom is 0.174 e. The maximum atomic E-state index is 13.8. The Labute approximate surface area is 196 Å². The molecule has 4 aromatic rings. The van der Waals surface area contributed by atoms with Gasteiger partial charge in [-0.2, -0.15) is 5.10 Å². The molecular formula is C27H24F2N4O. The number of aromatic nitrogens is 4. The smallest absolute Gasteiger partial charge is 0.174 e. The van der Waals surface area contributed by atoms with Crippen LogP contribution in [0.25, 0.3) is 23.3 Å². The highest BCUT2D eigenvalue weighted by Crippen LogP contribution is 2.34. The molecule has 7 heteroatoms. The van der Waals surface area contributed by atoms with Crippen LogP contribution in [-0.4, -0.2) is 26.9 Å². The van der Waals surface area contributed by atoms with Gasteiger partial charge in [0, 0.05) is 29.9 Å². The third-order valence-electron chi connectivity index (χ3n) is 6.10. The minimum absolute atomic E-state index is 0.110. The van der Waals surface area contributed by atoms with Crippen molar-refractivity contribution in [1.82, 2.24) is 19.7 Å². The number of benzene rings is 2. The Bertz CT molecular complexity index is 1380. The van der Waals surface area contributed by atoms with Gasteiger partial charge in [0.05, 0.1) is 7.11 Å². The molecule has 0 saturated heterocycles. The van der Waals surface area contributed by atoms with Crippen molar-refractivity contribution in [3.05, 3.63) is 94.8 Å². The van der Waals surface area contributed by atoms with Crippen molar-refractivity contribution in [3.63, 3.8) is 0 Å². The normalized spacial score (nSPS) is 15.5. The van der Waals surface area contributed by atoms with Gasteiger partial charge in [0.2, 0.25) is 0 Å². The molecule has 1 unspecified atom stereocenters. The number of fused-ring (bicyclic) bond motifs is 1. The standard InChI is InChI=1S/C27H24F2N4O/c1-17-14-20(11-12-30-17)21-8-5-18(15-25(21)34-2)6-10-26-31-27-22(4-3-13-33(27)32-26)19-7-9-23(28)24(29)16-19/h5-12,14-16,22H,3-4,13H2,1-2H3/b10-6+. The summed E-state index contributed by atoms with van der Waals surface area (Å²) in [6, 6.07) is 14.1. The first-order chi connectivity index (χ1) is 16.5. The first kappa shape index (κ1) is 21.9. The van der Waals surface area contributed by atoms with E-state index in [9.17, 15) is 8.78 Å². The fourth-order valence-corrected chi connectivity index (χ4v) is 4.42. The van der Waals surface area contributed by atoms with Crippen LogP contribution in [0.4, 0.5) is 8.78 Å². The Morgan fingerprint density at radius 1 is 1.03 bits per heavy atom. The fraction of sp³-hybridized carbons (Fsp3) is 0.222. The third-order valence-corrected chi connectivity index (χ3v) is 6.10. The number of hydrogen-bond donors (Lipinski definition) is 0. The van der Waals surface area contributed by atoms with Crippen LogP contribution in [0.3, 0.4) is 0 Å². The lowest BCUT2D eigenvalue weighted by Gasteiger charge is -2.22. The molecule has 0 N–H and O–H groups in total. The van der Waals surface area contributed by atoms with E-state index in [0.717, 1.165) is 58.9 Å². The second kappa shape index (κ2) is 9.17. The molecule has 1 atom stereocenters. The van der Waals surface area contributed by atoms with Crippen LogP contribution >= 0.6 is 0 Å². The summed E-state index contributed by atoms with van der Waals surface area (Å²) >= 11 is 0. The van der Waals surface area contributed by atoms with Gasteiger partial charge in [0.25, 0.3) is 0 Å². The van der Waals surface area contributed by atoms with E-state index in [1.807, 2.05) is 54.1 Å². The maximum absolute atomic E-state index is 13.8. The molecule has 1 aliphatic rings. The molecule has 2 aromatic heterocycles. The number of methoxy groups -OCH3 is 1. The zero-order valence-electron chi connectivity index (χ0n) is 19.0. The van der Waals surface area contributed by atoms with Crippen LogP contribution in [0.5, 0.6) is 5.75 Å². The highest BCUT2D eigenvalue weighted by Gasteiger charge is 2.26. The van der Waals surface area contributed by atoms with Gasteiger partial charge in [0.15, 0.2) is 17.5 Å². The van der Waals surface area contributed by atoms with Crippen molar-refractivity contribution in [2.24, 2.45) is 0 Å². The summed E-state index contributed by atoms with van der Waals surface area (Å²) in [7, 11) is 1.66. The lowest BCUT2D eigenvalue weighted by atomic mass is 9.91. The second-order valence-corrected chi connectivity index (χ2v) is 8.40. The van der Waals surface area contributed by atoms with Gasteiger partial charge in [-0.15, -0.1) is 0 Å². The second-order valence-electron chi connectivity index (χ2n) is 8.40. The number of rotatable bonds is 5. The molecule has 2 aromatic carbocycles. The van der Waals surface area contributed by atoms with E-state index in [-0.39, 0.29) is 5.92 Å². The van der Waals surface area contributed by atoms with E-state index in [0.29, 0.717) is 5.82 Å². The molecular weight excluding hydrogens is 434 g/mol. The predicted octanol–water partition coefficient (Wildman–Crippen LogP) is 6.03. The molecule has 172 valence electrons. The zero-order valence-corrected chi connectivity index (χ0v) is 19.0. The molecule has 0 radical (unpaired) electrons.